The van der Waals surface area contributed by atoms with Gasteiger partial charge in [-0.1, -0.05) is 20.8 Å². The summed E-state index contributed by atoms with van der Waals surface area (Å²) in [6.45, 7) is 12.8. The third kappa shape index (κ3) is 4.58. The van der Waals surface area contributed by atoms with Crippen molar-refractivity contribution in [1.29, 1.82) is 0 Å². The van der Waals surface area contributed by atoms with Crippen LogP contribution in [0.2, 0.25) is 0 Å². The summed E-state index contributed by atoms with van der Waals surface area (Å²) < 4.78 is 0.364. The Kier molecular flexibility index (Phi) is 4.87. The van der Waals surface area contributed by atoms with Gasteiger partial charge in [0, 0.05) is 34.8 Å². The molecule has 0 aromatic carbocycles. The van der Waals surface area contributed by atoms with Gasteiger partial charge in [-0.2, -0.15) is 16.9 Å². The van der Waals surface area contributed by atoms with Gasteiger partial charge in [-0.15, -0.1) is 0 Å². The molecule has 0 saturated heterocycles. The first kappa shape index (κ1) is 13.6. The minimum atomic E-state index is 0.364. The summed E-state index contributed by atoms with van der Waals surface area (Å²) in [4.78, 5) is 0. The lowest BCUT2D eigenvalue weighted by molar-refractivity contribution is 0.720. The summed E-state index contributed by atoms with van der Waals surface area (Å²) in [5, 5.41) is 10.7. The second kappa shape index (κ2) is 5.73. The Bertz CT molecular complexity index is 306. The standard InChI is InChI=1S/C12H23N3S/c1-9-11(10(2)15-14-9)8-13-6-7-16-12(3,4)5/h13H,6-8H2,1-5H3,(H,14,15). The zero-order chi connectivity index (χ0) is 12.2. The quantitative estimate of drug-likeness (QED) is 0.779. The summed E-state index contributed by atoms with van der Waals surface area (Å²) >= 11 is 1.99. The van der Waals surface area contributed by atoms with Gasteiger partial charge in [0.25, 0.3) is 0 Å². The van der Waals surface area contributed by atoms with E-state index in [1.165, 1.54) is 11.3 Å². The minimum Gasteiger partial charge on any atom is -0.312 e. The maximum Gasteiger partial charge on any atom is 0.0638 e. The van der Waals surface area contributed by atoms with Crippen molar-refractivity contribution in [3.63, 3.8) is 0 Å². The molecule has 1 rings (SSSR count). The highest BCUT2D eigenvalue weighted by molar-refractivity contribution is 8.00. The minimum absolute atomic E-state index is 0.364. The van der Waals surface area contributed by atoms with Gasteiger partial charge >= 0.3 is 0 Å². The second-order valence-electron chi connectivity index (χ2n) is 5.05. The molecule has 4 heteroatoms. The summed E-state index contributed by atoms with van der Waals surface area (Å²) in [6, 6.07) is 0. The van der Waals surface area contributed by atoms with Crippen molar-refractivity contribution < 1.29 is 0 Å². The predicted octanol–water partition coefficient (Wildman–Crippen LogP) is 2.65. The number of nitrogens with zero attached hydrogens (tertiary/aromatic N) is 1. The van der Waals surface area contributed by atoms with Crippen LogP contribution in [0.25, 0.3) is 0 Å². The van der Waals surface area contributed by atoms with Crippen molar-refractivity contribution in [2.24, 2.45) is 0 Å². The Morgan fingerprint density at radius 1 is 1.31 bits per heavy atom. The average molecular weight is 241 g/mol. The van der Waals surface area contributed by atoms with E-state index in [-0.39, 0.29) is 0 Å². The monoisotopic (exact) mass is 241 g/mol. The third-order valence-corrected chi connectivity index (χ3v) is 3.67. The zero-order valence-corrected chi connectivity index (χ0v) is 11.8. The van der Waals surface area contributed by atoms with E-state index < -0.39 is 0 Å². The lowest BCUT2D eigenvalue weighted by Crippen LogP contribution is -2.20. The molecule has 16 heavy (non-hydrogen) atoms. The van der Waals surface area contributed by atoms with Gasteiger partial charge in [-0.05, 0) is 13.8 Å². The first-order valence-electron chi connectivity index (χ1n) is 5.75. The first-order chi connectivity index (χ1) is 7.40. The van der Waals surface area contributed by atoms with Crippen LogP contribution in [0.1, 0.15) is 37.7 Å². The van der Waals surface area contributed by atoms with Crippen molar-refractivity contribution in [2.45, 2.75) is 45.9 Å². The van der Waals surface area contributed by atoms with Crippen LogP contribution in [-0.2, 0) is 6.54 Å². The number of hydrogen-bond acceptors (Lipinski definition) is 3. The van der Waals surface area contributed by atoms with Gasteiger partial charge in [0.2, 0.25) is 0 Å². The van der Waals surface area contributed by atoms with E-state index in [0.717, 1.165) is 24.5 Å². The largest absolute Gasteiger partial charge is 0.312 e. The molecule has 0 aliphatic rings. The Morgan fingerprint density at radius 2 is 2.00 bits per heavy atom. The van der Waals surface area contributed by atoms with Crippen LogP contribution in [0.4, 0.5) is 0 Å². The van der Waals surface area contributed by atoms with E-state index in [4.69, 9.17) is 0 Å². The number of nitrogens with one attached hydrogen (secondary N) is 2. The predicted molar refractivity (Wildman–Crippen MR) is 72.0 cm³/mol. The van der Waals surface area contributed by atoms with Crippen molar-refractivity contribution in [3.8, 4) is 0 Å². The van der Waals surface area contributed by atoms with Gasteiger partial charge in [-0.3, -0.25) is 5.10 Å². The third-order valence-electron chi connectivity index (χ3n) is 2.40. The molecule has 0 aliphatic heterocycles. The Labute approximate surface area is 103 Å². The van der Waals surface area contributed by atoms with Crippen LogP contribution < -0.4 is 5.32 Å². The molecule has 1 aromatic rings. The number of rotatable bonds is 5. The molecule has 0 aliphatic carbocycles. The molecule has 0 fully saturated rings. The van der Waals surface area contributed by atoms with Crippen LogP contribution in [0, 0.1) is 13.8 Å². The van der Waals surface area contributed by atoms with Crippen molar-refractivity contribution in [1.82, 2.24) is 15.5 Å². The fraction of sp³-hybridized carbons (Fsp3) is 0.750. The molecule has 2 N–H and O–H groups in total. The van der Waals surface area contributed by atoms with Crippen LogP contribution >= 0.6 is 11.8 Å². The number of thioether (sulfide) groups is 1. The van der Waals surface area contributed by atoms with Gasteiger partial charge in [-0.25, -0.2) is 0 Å². The summed E-state index contributed by atoms with van der Waals surface area (Å²) in [5.41, 5.74) is 3.59. The summed E-state index contributed by atoms with van der Waals surface area (Å²) in [7, 11) is 0. The Hall–Kier alpha value is -0.480. The number of hydrogen-bond donors (Lipinski definition) is 2. The molecular formula is C12H23N3S. The number of aromatic nitrogens is 2. The smallest absolute Gasteiger partial charge is 0.0638 e. The van der Waals surface area contributed by atoms with Crippen molar-refractivity contribution in [3.05, 3.63) is 17.0 Å². The zero-order valence-electron chi connectivity index (χ0n) is 11.0. The van der Waals surface area contributed by atoms with Gasteiger partial charge in [0.15, 0.2) is 0 Å². The SMILES string of the molecule is Cc1n[nH]c(C)c1CNCCSC(C)(C)C. The van der Waals surface area contributed by atoms with E-state index in [0.29, 0.717) is 4.75 Å². The molecule has 0 unspecified atom stereocenters. The number of aromatic amines is 1. The molecular weight excluding hydrogens is 218 g/mol. The van der Waals surface area contributed by atoms with Crippen LogP contribution in [0.3, 0.4) is 0 Å². The normalized spacial score (nSPS) is 12.1. The number of aryl methyl sites for hydroxylation is 2. The van der Waals surface area contributed by atoms with E-state index in [1.807, 2.05) is 18.7 Å². The molecule has 0 radical (unpaired) electrons. The highest BCUT2D eigenvalue weighted by atomic mass is 32.2. The van der Waals surface area contributed by atoms with E-state index in [2.05, 4.69) is 43.2 Å². The average Bonchev–Trinajstić information content (AvgIpc) is 2.46. The molecule has 3 nitrogen and oxygen atoms in total. The van der Waals surface area contributed by atoms with Crippen LogP contribution in [0.15, 0.2) is 0 Å². The Morgan fingerprint density at radius 3 is 2.50 bits per heavy atom. The summed E-state index contributed by atoms with van der Waals surface area (Å²) in [6.07, 6.45) is 0. The fourth-order valence-electron chi connectivity index (χ4n) is 1.48. The highest BCUT2D eigenvalue weighted by Gasteiger charge is 2.09. The molecule has 0 amide bonds. The fourth-order valence-corrected chi connectivity index (χ4v) is 2.34. The molecule has 1 heterocycles. The highest BCUT2D eigenvalue weighted by Crippen LogP contribution is 2.22. The summed E-state index contributed by atoms with van der Waals surface area (Å²) in [5.74, 6) is 1.15. The lowest BCUT2D eigenvalue weighted by Gasteiger charge is -2.17. The molecule has 0 bridgehead atoms. The second-order valence-corrected chi connectivity index (χ2v) is 6.97. The topological polar surface area (TPSA) is 40.7 Å². The maximum atomic E-state index is 4.18. The molecule has 1 aromatic heterocycles. The molecule has 0 atom stereocenters. The number of H-pyrrole nitrogens is 1. The molecule has 0 saturated carbocycles. The van der Waals surface area contributed by atoms with Gasteiger partial charge < -0.3 is 5.32 Å². The van der Waals surface area contributed by atoms with Crippen LogP contribution in [-0.4, -0.2) is 27.2 Å². The Balaban J connectivity index is 2.22. The van der Waals surface area contributed by atoms with Gasteiger partial charge in [0.05, 0.1) is 5.69 Å². The maximum absolute atomic E-state index is 4.18. The van der Waals surface area contributed by atoms with Crippen molar-refractivity contribution in [2.75, 3.05) is 12.3 Å². The van der Waals surface area contributed by atoms with E-state index in [1.54, 1.807) is 0 Å². The van der Waals surface area contributed by atoms with Gasteiger partial charge in [0.1, 0.15) is 0 Å². The lowest BCUT2D eigenvalue weighted by atomic mass is 10.2. The van der Waals surface area contributed by atoms with E-state index >= 15 is 0 Å². The molecule has 92 valence electrons. The van der Waals surface area contributed by atoms with Crippen molar-refractivity contribution >= 4 is 11.8 Å². The molecule has 0 spiro atoms. The van der Waals surface area contributed by atoms with E-state index in [9.17, 15) is 0 Å². The van der Waals surface area contributed by atoms with Crippen LogP contribution in [0.5, 0.6) is 0 Å². The first-order valence-corrected chi connectivity index (χ1v) is 6.74.